The van der Waals surface area contributed by atoms with E-state index in [1.165, 1.54) is 0 Å². The molecule has 0 unspecified atom stereocenters. The molecule has 0 saturated carbocycles. The molecule has 0 rings (SSSR count). The lowest BCUT2D eigenvalue weighted by Crippen LogP contribution is -2.39. The zero-order valence-corrected chi connectivity index (χ0v) is 18.5. The Balaban J connectivity index is 5.06. The van der Waals surface area contributed by atoms with Crippen LogP contribution in [0.25, 0.3) is 10.4 Å². The minimum atomic E-state index is -1.69. The van der Waals surface area contributed by atoms with Gasteiger partial charge in [-0.15, -0.1) is 0 Å². The predicted molar refractivity (Wildman–Crippen MR) is 108 cm³/mol. The summed E-state index contributed by atoms with van der Waals surface area (Å²) in [6, 6.07) is 6.74. The van der Waals surface area contributed by atoms with Crippen molar-refractivity contribution in [1.29, 1.82) is 0 Å². The summed E-state index contributed by atoms with van der Waals surface area (Å²) in [4.78, 5) is 2.86. The standard InChI is InChI=1S/C17H37N3O2Si2/c1-7-23(8-2,9-3)21-16-14-17(13-15-19-20-18)22-24(10-4,11-5)12-6/h14,16-17H,7-13,15H2,1-6H3/b16-14-/t17-/m0/s1. The number of hydrogen-bond donors (Lipinski definition) is 0. The highest BCUT2D eigenvalue weighted by atomic mass is 28.4. The number of rotatable bonds is 14. The van der Waals surface area contributed by atoms with E-state index in [1.54, 1.807) is 0 Å². The van der Waals surface area contributed by atoms with Crippen molar-refractivity contribution in [2.45, 2.75) is 90.3 Å². The van der Waals surface area contributed by atoms with Crippen LogP contribution in [0.15, 0.2) is 17.5 Å². The predicted octanol–water partition coefficient (Wildman–Crippen LogP) is 6.61. The lowest BCUT2D eigenvalue weighted by Gasteiger charge is -2.32. The molecule has 5 nitrogen and oxygen atoms in total. The van der Waals surface area contributed by atoms with Crippen molar-refractivity contribution < 1.29 is 8.85 Å². The van der Waals surface area contributed by atoms with Gasteiger partial charge in [0.2, 0.25) is 8.32 Å². The van der Waals surface area contributed by atoms with E-state index < -0.39 is 16.6 Å². The van der Waals surface area contributed by atoms with Crippen molar-refractivity contribution in [1.82, 2.24) is 0 Å². The molecular weight excluding hydrogens is 334 g/mol. The van der Waals surface area contributed by atoms with Gasteiger partial charge >= 0.3 is 0 Å². The summed E-state index contributed by atoms with van der Waals surface area (Å²) in [5.74, 6) is 0. The molecule has 0 aromatic rings. The first-order valence-corrected chi connectivity index (χ1v) is 14.6. The number of azide groups is 1. The van der Waals surface area contributed by atoms with E-state index in [0.29, 0.717) is 6.54 Å². The summed E-state index contributed by atoms with van der Waals surface area (Å²) in [5.41, 5.74) is 8.52. The fourth-order valence-electron chi connectivity index (χ4n) is 3.02. The molecule has 0 bridgehead atoms. The molecule has 0 radical (unpaired) electrons. The SMILES string of the molecule is CC[Si](CC)(CC)O/C=C\[C@H](CCN=[N+]=[N-])O[Si](CC)(CC)CC. The van der Waals surface area contributed by atoms with Crippen molar-refractivity contribution in [2.75, 3.05) is 6.54 Å². The molecule has 24 heavy (non-hydrogen) atoms. The third-order valence-electron chi connectivity index (χ3n) is 5.46. The highest BCUT2D eigenvalue weighted by Gasteiger charge is 2.32. The monoisotopic (exact) mass is 371 g/mol. The molecule has 0 N–H and O–H groups in total. The van der Waals surface area contributed by atoms with Gasteiger partial charge in [-0.05, 0) is 54.3 Å². The van der Waals surface area contributed by atoms with Crippen molar-refractivity contribution in [3.63, 3.8) is 0 Å². The molecule has 0 aliphatic rings. The van der Waals surface area contributed by atoms with Crippen LogP contribution in [-0.2, 0) is 8.85 Å². The van der Waals surface area contributed by atoms with Crippen molar-refractivity contribution >= 4 is 16.6 Å². The van der Waals surface area contributed by atoms with Crippen LogP contribution in [0.1, 0.15) is 48.0 Å². The van der Waals surface area contributed by atoms with Gasteiger partial charge in [0.15, 0.2) is 8.32 Å². The number of hydrogen-bond acceptors (Lipinski definition) is 3. The van der Waals surface area contributed by atoms with E-state index >= 15 is 0 Å². The molecule has 0 fully saturated rings. The second-order valence-corrected chi connectivity index (χ2v) is 15.8. The Kier molecular flexibility index (Phi) is 12.2. The molecule has 0 aliphatic carbocycles. The van der Waals surface area contributed by atoms with Crippen LogP contribution >= 0.6 is 0 Å². The summed E-state index contributed by atoms with van der Waals surface area (Å²) >= 11 is 0. The van der Waals surface area contributed by atoms with E-state index in [9.17, 15) is 0 Å². The average Bonchev–Trinajstić information content (AvgIpc) is 2.63. The molecule has 0 aromatic heterocycles. The van der Waals surface area contributed by atoms with Crippen LogP contribution in [0, 0.1) is 0 Å². The van der Waals surface area contributed by atoms with E-state index in [-0.39, 0.29) is 6.10 Å². The van der Waals surface area contributed by atoms with Gasteiger partial charge < -0.3 is 8.85 Å². The normalized spacial score (nSPS) is 13.8. The third-order valence-corrected chi connectivity index (χ3v) is 14.6. The van der Waals surface area contributed by atoms with Gasteiger partial charge in [-0.1, -0.05) is 46.7 Å². The van der Waals surface area contributed by atoms with E-state index in [0.717, 1.165) is 42.7 Å². The first kappa shape index (κ1) is 23.2. The van der Waals surface area contributed by atoms with Gasteiger partial charge in [0.25, 0.3) is 0 Å². The Bertz CT molecular complexity index is 388. The van der Waals surface area contributed by atoms with Gasteiger partial charge in [-0.3, -0.25) is 0 Å². The summed E-state index contributed by atoms with van der Waals surface area (Å²) in [6.45, 7) is 13.8. The molecule has 0 saturated heterocycles. The Labute approximate surface area is 150 Å². The van der Waals surface area contributed by atoms with Gasteiger partial charge in [0.1, 0.15) is 0 Å². The zero-order chi connectivity index (χ0) is 18.5. The quantitative estimate of drug-likeness (QED) is 0.113. The fourth-order valence-corrected chi connectivity index (χ4v) is 8.22. The fraction of sp³-hybridized carbons (Fsp3) is 0.882. The van der Waals surface area contributed by atoms with E-state index in [1.807, 2.05) is 6.26 Å². The first-order valence-electron chi connectivity index (χ1n) is 9.53. The van der Waals surface area contributed by atoms with Crippen LogP contribution in [0.4, 0.5) is 0 Å². The largest absolute Gasteiger partial charge is 0.549 e. The Morgan fingerprint density at radius 3 is 1.83 bits per heavy atom. The summed E-state index contributed by atoms with van der Waals surface area (Å²) in [5, 5.41) is 3.67. The summed E-state index contributed by atoms with van der Waals surface area (Å²) < 4.78 is 12.8. The molecule has 0 spiro atoms. The zero-order valence-electron chi connectivity index (χ0n) is 16.5. The maximum atomic E-state index is 8.52. The molecule has 1 atom stereocenters. The summed E-state index contributed by atoms with van der Waals surface area (Å²) in [6.07, 6.45) is 4.64. The highest BCUT2D eigenvalue weighted by Crippen LogP contribution is 2.26. The Hall–Kier alpha value is -0.756. The molecule has 0 aliphatic heterocycles. The molecule has 0 amide bonds. The van der Waals surface area contributed by atoms with Crippen LogP contribution in [0.5, 0.6) is 0 Å². The van der Waals surface area contributed by atoms with Crippen LogP contribution in [-0.4, -0.2) is 29.3 Å². The Morgan fingerprint density at radius 1 is 0.917 bits per heavy atom. The second-order valence-electron chi connectivity index (χ2n) is 6.33. The smallest absolute Gasteiger partial charge is 0.249 e. The van der Waals surface area contributed by atoms with Crippen molar-refractivity contribution in [3.8, 4) is 0 Å². The van der Waals surface area contributed by atoms with Gasteiger partial charge in [0, 0.05) is 11.5 Å². The minimum Gasteiger partial charge on any atom is -0.549 e. The maximum absolute atomic E-state index is 8.52. The van der Waals surface area contributed by atoms with Crippen molar-refractivity contribution in [3.05, 3.63) is 22.8 Å². The average molecular weight is 372 g/mol. The van der Waals surface area contributed by atoms with Crippen LogP contribution < -0.4 is 0 Å². The Morgan fingerprint density at radius 2 is 1.42 bits per heavy atom. The molecular formula is C17H37N3O2Si2. The second kappa shape index (κ2) is 12.6. The lowest BCUT2D eigenvalue weighted by atomic mass is 10.2. The maximum Gasteiger partial charge on any atom is 0.249 e. The third kappa shape index (κ3) is 7.42. The lowest BCUT2D eigenvalue weighted by molar-refractivity contribution is 0.222. The van der Waals surface area contributed by atoms with E-state index in [2.05, 4.69) is 57.6 Å². The molecule has 7 heteroatoms. The molecule has 0 aromatic carbocycles. The molecule has 140 valence electrons. The van der Waals surface area contributed by atoms with Crippen LogP contribution in [0.3, 0.4) is 0 Å². The number of nitrogens with zero attached hydrogens (tertiary/aromatic N) is 3. The highest BCUT2D eigenvalue weighted by molar-refractivity contribution is 6.74. The first-order chi connectivity index (χ1) is 11.5. The van der Waals surface area contributed by atoms with Gasteiger partial charge in [0.05, 0.1) is 12.4 Å². The molecule has 0 heterocycles. The van der Waals surface area contributed by atoms with Crippen LogP contribution in [0.2, 0.25) is 36.3 Å². The summed E-state index contributed by atoms with van der Waals surface area (Å²) in [7, 11) is -3.31. The minimum absolute atomic E-state index is 0.0146. The van der Waals surface area contributed by atoms with E-state index in [4.69, 9.17) is 14.4 Å². The van der Waals surface area contributed by atoms with Gasteiger partial charge in [-0.2, -0.15) is 0 Å². The van der Waals surface area contributed by atoms with Gasteiger partial charge in [-0.25, -0.2) is 0 Å². The topological polar surface area (TPSA) is 67.2 Å². The van der Waals surface area contributed by atoms with Crippen molar-refractivity contribution in [2.24, 2.45) is 5.11 Å².